The minimum Gasteiger partial charge on any atom is -0.493 e. The second-order valence-corrected chi connectivity index (χ2v) is 7.27. The van der Waals surface area contributed by atoms with Gasteiger partial charge in [-0.25, -0.2) is 14.5 Å². The van der Waals surface area contributed by atoms with Crippen molar-refractivity contribution < 1.29 is 18.7 Å². The quantitative estimate of drug-likeness (QED) is 0.429. The molecule has 0 aliphatic carbocycles. The number of hydrogen-bond donors (Lipinski definition) is 1. The minimum atomic E-state index is -0.426. The number of ether oxygens (including phenoxy) is 2. The van der Waals surface area contributed by atoms with Crippen molar-refractivity contribution in [1.82, 2.24) is 15.2 Å². The van der Waals surface area contributed by atoms with Crippen LogP contribution in [0.4, 0.5) is 4.39 Å². The van der Waals surface area contributed by atoms with Crippen LogP contribution in [0, 0.1) is 12.7 Å². The number of benzene rings is 2. The van der Waals surface area contributed by atoms with Crippen molar-refractivity contribution in [3.8, 4) is 17.2 Å². The maximum atomic E-state index is 13.2. The SMILES string of the molecule is COc1cc(C(=O)N/N=C/c2c(C)nn(-c3ccc(F)cc3)c2Cl)ccc1OC(C)C. The first-order valence-electron chi connectivity index (χ1n) is 9.49. The number of rotatable bonds is 7. The number of halogens is 2. The minimum absolute atomic E-state index is 0.0259. The van der Waals surface area contributed by atoms with Gasteiger partial charge in [0.15, 0.2) is 11.5 Å². The van der Waals surface area contributed by atoms with E-state index in [0.29, 0.717) is 39.2 Å². The topological polar surface area (TPSA) is 77.7 Å². The number of nitrogens with zero attached hydrogens (tertiary/aromatic N) is 3. The van der Waals surface area contributed by atoms with E-state index in [1.165, 1.54) is 30.1 Å². The molecule has 31 heavy (non-hydrogen) atoms. The first-order valence-corrected chi connectivity index (χ1v) is 9.87. The molecule has 3 rings (SSSR count). The largest absolute Gasteiger partial charge is 0.493 e. The van der Waals surface area contributed by atoms with Crippen LogP contribution in [0.25, 0.3) is 5.69 Å². The van der Waals surface area contributed by atoms with Crippen molar-refractivity contribution in [2.24, 2.45) is 5.10 Å². The van der Waals surface area contributed by atoms with Gasteiger partial charge in [0.25, 0.3) is 5.91 Å². The average Bonchev–Trinajstić information content (AvgIpc) is 3.02. The van der Waals surface area contributed by atoms with E-state index in [9.17, 15) is 9.18 Å². The summed E-state index contributed by atoms with van der Waals surface area (Å²) in [7, 11) is 1.51. The first kappa shape index (κ1) is 22.3. The zero-order valence-electron chi connectivity index (χ0n) is 17.5. The molecule has 2 aromatic carbocycles. The van der Waals surface area contributed by atoms with E-state index in [0.717, 1.165) is 0 Å². The summed E-state index contributed by atoms with van der Waals surface area (Å²) in [5.41, 5.74) is 4.55. The third kappa shape index (κ3) is 5.21. The molecule has 0 saturated carbocycles. The molecule has 7 nitrogen and oxygen atoms in total. The Balaban J connectivity index is 1.75. The fourth-order valence-electron chi connectivity index (χ4n) is 2.79. The highest BCUT2D eigenvalue weighted by Crippen LogP contribution is 2.29. The zero-order chi connectivity index (χ0) is 22.5. The fourth-order valence-corrected chi connectivity index (χ4v) is 3.11. The molecule has 0 fully saturated rings. The molecular weight excluding hydrogens is 423 g/mol. The average molecular weight is 445 g/mol. The number of methoxy groups -OCH3 is 1. The molecule has 0 unspecified atom stereocenters. The third-order valence-corrected chi connectivity index (χ3v) is 4.63. The standard InChI is InChI=1S/C22H22ClFN4O3/c1-13(2)31-19-10-5-15(11-20(19)30-4)22(29)26-25-12-18-14(3)27-28(21(18)23)17-8-6-16(24)7-9-17/h5-13H,1-4H3,(H,26,29)/b25-12+. The molecule has 0 atom stereocenters. The predicted molar refractivity (Wildman–Crippen MR) is 117 cm³/mol. The molecule has 0 radical (unpaired) electrons. The number of aryl methyl sites for hydroxylation is 1. The van der Waals surface area contributed by atoms with Gasteiger partial charge in [-0.2, -0.15) is 10.2 Å². The highest BCUT2D eigenvalue weighted by Gasteiger charge is 2.14. The smallest absolute Gasteiger partial charge is 0.271 e. The van der Waals surface area contributed by atoms with E-state index in [4.69, 9.17) is 21.1 Å². The van der Waals surface area contributed by atoms with Crippen LogP contribution < -0.4 is 14.9 Å². The summed E-state index contributed by atoms with van der Waals surface area (Å²) in [5.74, 6) is 0.219. The summed E-state index contributed by atoms with van der Waals surface area (Å²) in [5, 5.41) is 8.63. The maximum Gasteiger partial charge on any atom is 0.271 e. The Morgan fingerprint density at radius 3 is 2.58 bits per heavy atom. The molecule has 162 valence electrons. The Labute approximate surface area is 184 Å². The predicted octanol–water partition coefficient (Wildman–Crippen LogP) is 4.53. The molecule has 3 aromatic rings. The van der Waals surface area contributed by atoms with E-state index in [1.54, 1.807) is 37.3 Å². The summed E-state index contributed by atoms with van der Waals surface area (Å²) in [4.78, 5) is 12.5. The van der Waals surface area contributed by atoms with Gasteiger partial charge < -0.3 is 9.47 Å². The van der Waals surface area contributed by atoms with Gasteiger partial charge in [-0.15, -0.1) is 0 Å². The molecule has 1 aromatic heterocycles. The zero-order valence-corrected chi connectivity index (χ0v) is 18.3. The van der Waals surface area contributed by atoms with Gasteiger partial charge >= 0.3 is 0 Å². The summed E-state index contributed by atoms with van der Waals surface area (Å²) in [6, 6.07) is 10.6. The van der Waals surface area contributed by atoms with Gasteiger partial charge in [-0.1, -0.05) is 11.6 Å². The Morgan fingerprint density at radius 1 is 1.23 bits per heavy atom. The first-order chi connectivity index (χ1) is 14.8. The number of aromatic nitrogens is 2. The van der Waals surface area contributed by atoms with Crippen LogP contribution in [0.3, 0.4) is 0 Å². The van der Waals surface area contributed by atoms with Crippen LogP contribution in [-0.4, -0.2) is 35.1 Å². The molecule has 0 aliphatic heterocycles. The van der Waals surface area contributed by atoms with E-state index < -0.39 is 5.91 Å². The number of carbonyl (C=O) groups excluding carboxylic acids is 1. The van der Waals surface area contributed by atoms with Crippen molar-refractivity contribution in [3.05, 3.63) is 70.3 Å². The normalized spacial score (nSPS) is 11.2. The van der Waals surface area contributed by atoms with Gasteiger partial charge in [0.1, 0.15) is 11.0 Å². The molecule has 0 saturated heterocycles. The molecule has 1 heterocycles. The second-order valence-electron chi connectivity index (χ2n) is 6.91. The van der Waals surface area contributed by atoms with Crippen molar-refractivity contribution >= 4 is 23.7 Å². The van der Waals surface area contributed by atoms with Crippen molar-refractivity contribution in [3.63, 3.8) is 0 Å². The van der Waals surface area contributed by atoms with Gasteiger partial charge in [0.2, 0.25) is 0 Å². The highest BCUT2D eigenvalue weighted by atomic mass is 35.5. The van der Waals surface area contributed by atoms with Gasteiger partial charge in [0, 0.05) is 5.56 Å². The Hall–Kier alpha value is -3.39. The molecule has 0 spiro atoms. The monoisotopic (exact) mass is 444 g/mol. The maximum absolute atomic E-state index is 13.2. The Morgan fingerprint density at radius 2 is 1.94 bits per heavy atom. The number of hydrogen-bond acceptors (Lipinski definition) is 5. The molecular formula is C22H22ClFN4O3. The lowest BCUT2D eigenvalue weighted by Gasteiger charge is -2.14. The fraction of sp³-hybridized carbons (Fsp3) is 0.227. The van der Waals surface area contributed by atoms with Crippen molar-refractivity contribution in [2.45, 2.75) is 26.9 Å². The molecule has 1 N–H and O–H groups in total. The lowest BCUT2D eigenvalue weighted by Crippen LogP contribution is -2.18. The van der Waals surface area contributed by atoms with Crippen LogP contribution in [0.5, 0.6) is 11.5 Å². The van der Waals surface area contributed by atoms with Crippen LogP contribution >= 0.6 is 11.6 Å². The lowest BCUT2D eigenvalue weighted by atomic mass is 10.2. The third-order valence-electron chi connectivity index (χ3n) is 4.27. The summed E-state index contributed by atoms with van der Waals surface area (Å²) < 4.78 is 25.6. The van der Waals surface area contributed by atoms with Crippen LogP contribution in [-0.2, 0) is 0 Å². The summed E-state index contributed by atoms with van der Waals surface area (Å²) in [6.45, 7) is 5.56. The van der Waals surface area contributed by atoms with Gasteiger partial charge in [-0.05, 0) is 63.2 Å². The molecule has 9 heteroatoms. The molecule has 0 bridgehead atoms. The van der Waals surface area contributed by atoms with E-state index >= 15 is 0 Å². The number of amides is 1. The Bertz CT molecular complexity index is 1110. The van der Waals surface area contributed by atoms with E-state index in [1.807, 2.05) is 13.8 Å². The number of hydrazone groups is 1. The van der Waals surface area contributed by atoms with Gasteiger partial charge in [0.05, 0.1) is 36.4 Å². The Kier molecular flexibility index (Phi) is 6.91. The number of carbonyl (C=O) groups is 1. The highest BCUT2D eigenvalue weighted by molar-refractivity contribution is 6.32. The van der Waals surface area contributed by atoms with Gasteiger partial charge in [-0.3, -0.25) is 4.79 Å². The van der Waals surface area contributed by atoms with Crippen LogP contribution in [0.1, 0.15) is 35.5 Å². The van der Waals surface area contributed by atoms with Crippen molar-refractivity contribution in [2.75, 3.05) is 7.11 Å². The molecule has 1 amide bonds. The van der Waals surface area contributed by atoms with E-state index in [2.05, 4.69) is 15.6 Å². The number of nitrogens with one attached hydrogen (secondary N) is 1. The van der Waals surface area contributed by atoms with Crippen LogP contribution in [0.15, 0.2) is 47.6 Å². The van der Waals surface area contributed by atoms with Crippen molar-refractivity contribution in [1.29, 1.82) is 0 Å². The summed E-state index contributed by atoms with van der Waals surface area (Å²) in [6.07, 6.45) is 1.39. The van der Waals surface area contributed by atoms with E-state index in [-0.39, 0.29) is 11.9 Å². The summed E-state index contributed by atoms with van der Waals surface area (Å²) >= 11 is 6.41. The van der Waals surface area contributed by atoms with Crippen LogP contribution in [0.2, 0.25) is 5.15 Å². The molecule has 0 aliphatic rings. The second kappa shape index (κ2) is 9.61. The lowest BCUT2D eigenvalue weighted by molar-refractivity contribution is 0.0954.